The summed E-state index contributed by atoms with van der Waals surface area (Å²) < 4.78 is 7.28. The molecule has 1 aliphatic heterocycles. The summed E-state index contributed by atoms with van der Waals surface area (Å²) in [5.74, 6) is -0.0525. The molecule has 0 bridgehead atoms. The largest absolute Gasteiger partial charge is 0.375 e. The molecule has 6 heteroatoms. The molecular formula is C15H18N4O2. The minimum Gasteiger partial charge on any atom is -0.375 e. The Bertz CT molecular complexity index is 591. The molecule has 1 unspecified atom stereocenters. The fourth-order valence-corrected chi connectivity index (χ4v) is 2.35. The number of amides is 1. The molecule has 0 saturated carbocycles. The maximum absolute atomic E-state index is 12.2. The van der Waals surface area contributed by atoms with Crippen LogP contribution in [0.2, 0.25) is 0 Å². The predicted molar refractivity (Wildman–Crippen MR) is 79.4 cm³/mol. The molecule has 1 saturated heterocycles. The van der Waals surface area contributed by atoms with E-state index in [2.05, 4.69) is 15.7 Å². The number of nitrogens with one attached hydrogen (secondary N) is 2. The molecule has 1 amide bonds. The van der Waals surface area contributed by atoms with E-state index in [0.717, 1.165) is 17.9 Å². The lowest BCUT2D eigenvalue weighted by Crippen LogP contribution is -2.40. The van der Waals surface area contributed by atoms with Crippen molar-refractivity contribution in [3.8, 4) is 5.69 Å². The number of aromatic nitrogens is 2. The first-order valence-corrected chi connectivity index (χ1v) is 7.04. The van der Waals surface area contributed by atoms with Crippen molar-refractivity contribution >= 4 is 11.6 Å². The van der Waals surface area contributed by atoms with Gasteiger partial charge < -0.3 is 15.4 Å². The third-order valence-electron chi connectivity index (χ3n) is 3.35. The number of carbonyl (C=O) groups is 1. The Morgan fingerprint density at radius 3 is 3.10 bits per heavy atom. The number of ether oxygens (including phenoxy) is 1. The van der Waals surface area contributed by atoms with Crippen LogP contribution in [-0.2, 0) is 9.53 Å². The lowest BCUT2D eigenvalue weighted by Gasteiger charge is -2.23. The van der Waals surface area contributed by atoms with Crippen molar-refractivity contribution in [2.45, 2.75) is 12.5 Å². The van der Waals surface area contributed by atoms with Crippen molar-refractivity contribution < 1.29 is 9.53 Å². The van der Waals surface area contributed by atoms with Crippen molar-refractivity contribution in [2.75, 3.05) is 25.0 Å². The number of hydrogen-bond acceptors (Lipinski definition) is 4. The van der Waals surface area contributed by atoms with Crippen LogP contribution in [0.25, 0.3) is 5.69 Å². The highest BCUT2D eigenvalue weighted by Gasteiger charge is 2.18. The number of benzene rings is 1. The van der Waals surface area contributed by atoms with E-state index in [1.165, 1.54) is 0 Å². The average Bonchev–Trinajstić information content (AvgIpc) is 3.03. The molecule has 0 radical (unpaired) electrons. The lowest BCUT2D eigenvalue weighted by atomic mass is 10.2. The number of para-hydroxylation sites is 2. The van der Waals surface area contributed by atoms with Crippen LogP contribution in [-0.4, -0.2) is 41.5 Å². The maximum Gasteiger partial charge on any atom is 0.227 e. The molecule has 1 aromatic heterocycles. The third-order valence-corrected chi connectivity index (χ3v) is 3.35. The zero-order valence-electron chi connectivity index (χ0n) is 11.7. The highest BCUT2D eigenvalue weighted by Crippen LogP contribution is 2.19. The summed E-state index contributed by atoms with van der Waals surface area (Å²) in [6.45, 7) is 2.22. The van der Waals surface area contributed by atoms with E-state index in [4.69, 9.17) is 4.74 Å². The molecule has 6 nitrogen and oxygen atoms in total. The molecular weight excluding hydrogens is 268 g/mol. The van der Waals surface area contributed by atoms with Crippen LogP contribution in [0.5, 0.6) is 0 Å². The van der Waals surface area contributed by atoms with Gasteiger partial charge in [-0.25, -0.2) is 4.68 Å². The molecule has 1 aromatic carbocycles. The van der Waals surface area contributed by atoms with Crippen molar-refractivity contribution in [3.63, 3.8) is 0 Å². The first kappa shape index (κ1) is 13.8. The molecule has 3 rings (SSSR count). The van der Waals surface area contributed by atoms with Crippen molar-refractivity contribution in [1.29, 1.82) is 0 Å². The Morgan fingerprint density at radius 1 is 1.43 bits per heavy atom. The smallest absolute Gasteiger partial charge is 0.227 e. The van der Waals surface area contributed by atoms with Gasteiger partial charge in [0.25, 0.3) is 0 Å². The van der Waals surface area contributed by atoms with E-state index in [1.54, 1.807) is 10.9 Å². The van der Waals surface area contributed by atoms with Gasteiger partial charge in [-0.3, -0.25) is 4.79 Å². The number of anilines is 1. The van der Waals surface area contributed by atoms with Gasteiger partial charge in [-0.2, -0.15) is 5.10 Å². The van der Waals surface area contributed by atoms with Crippen LogP contribution in [0.1, 0.15) is 6.42 Å². The number of hydrogen-bond donors (Lipinski definition) is 2. The van der Waals surface area contributed by atoms with Crippen molar-refractivity contribution in [1.82, 2.24) is 15.1 Å². The average molecular weight is 286 g/mol. The standard InChI is InChI=1S/C15H18N4O2/c20-15(10-12-11-16-7-9-21-12)18-13-4-1-2-5-14(13)19-8-3-6-17-19/h1-6,8,12,16H,7,9-11H2,(H,18,20). The summed E-state index contributed by atoms with van der Waals surface area (Å²) >= 11 is 0. The van der Waals surface area contributed by atoms with Gasteiger partial charge in [0.15, 0.2) is 0 Å². The van der Waals surface area contributed by atoms with Crippen LogP contribution in [0.3, 0.4) is 0 Å². The van der Waals surface area contributed by atoms with E-state index in [1.807, 2.05) is 36.5 Å². The van der Waals surface area contributed by atoms with Crippen LogP contribution in [0.15, 0.2) is 42.7 Å². The van der Waals surface area contributed by atoms with Crippen LogP contribution < -0.4 is 10.6 Å². The minimum atomic E-state index is -0.0596. The summed E-state index contributed by atoms with van der Waals surface area (Å²) in [5.41, 5.74) is 1.59. The molecule has 1 atom stereocenters. The summed E-state index contributed by atoms with van der Waals surface area (Å²) in [6.07, 6.45) is 3.84. The van der Waals surface area contributed by atoms with Gasteiger partial charge in [-0.1, -0.05) is 12.1 Å². The SMILES string of the molecule is O=C(CC1CNCCO1)Nc1ccccc1-n1cccn1. The third kappa shape index (κ3) is 3.48. The zero-order valence-corrected chi connectivity index (χ0v) is 11.7. The zero-order chi connectivity index (χ0) is 14.5. The molecule has 0 aliphatic carbocycles. The first-order chi connectivity index (χ1) is 10.3. The van der Waals surface area contributed by atoms with Gasteiger partial charge >= 0.3 is 0 Å². The summed E-state index contributed by atoms with van der Waals surface area (Å²) in [4.78, 5) is 12.2. The second kappa shape index (κ2) is 6.51. The summed E-state index contributed by atoms with van der Waals surface area (Å²) in [7, 11) is 0. The van der Waals surface area contributed by atoms with Crippen molar-refractivity contribution in [2.24, 2.45) is 0 Å². The molecule has 0 spiro atoms. The number of rotatable bonds is 4. The predicted octanol–water partition coefficient (Wildman–Crippen LogP) is 1.19. The fraction of sp³-hybridized carbons (Fsp3) is 0.333. The molecule has 2 N–H and O–H groups in total. The second-order valence-corrected chi connectivity index (χ2v) is 4.92. The quantitative estimate of drug-likeness (QED) is 0.886. The van der Waals surface area contributed by atoms with E-state index in [0.29, 0.717) is 19.6 Å². The van der Waals surface area contributed by atoms with Gasteiger partial charge in [-0.05, 0) is 18.2 Å². The Labute approximate surface area is 123 Å². The van der Waals surface area contributed by atoms with E-state index >= 15 is 0 Å². The second-order valence-electron chi connectivity index (χ2n) is 4.92. The maximum atomic E-state index is 12.2. The van der Waals surface area contributed by atoms with Crippen LogP contribution >= 0.6 is 0 Å². The Hall–Kier alpha value is -2.18. The first-order valence-electron chi connectivity index (χ1n) is 7.04. The van der Waals surface area contributed by atoms with Crippen LogP contribution in [0.4, 0.5) is 5.69 Å². The number of nitrogens with zero attached hydrogens (tertiary/aromatic N) is 2. The fourth-order valence-electron chi connectivity index (χ4n) is 2.35. The molecule has 2 heterocycles. The summed E-state index contributed by atoms with van der Waals surface area (Å²) in [5, 5.41) is 10.4. The molecule has 1 aliphatic rings. The highest BCUT2D eigenvalue weighted by molar-refractivity contribution is 5.93. The van der Waals surface area contributed by atoms with E-state index in [-0.39, 0.29) is 12.0 Å². The number of carbonyl (C=O) groups excluding carboxylic acids is 1. The molecule has 21 heavy (non-hydrogen) atoms. The molecule has 1 fully saturated rings. The van der Waals surface area contributed by atoms with Gasteiger partial charge in [0.05, 0.1) is 30.5 Å². The molecule has 110 valence electrons. The van der Waals surface area contributed by atoms with Crippen molar-refractivity contribution in [3.05, 3.63) is 42.7 Å². The topological polar surface area (TPSA) is 68.2 Å². The summed E-state index contributed by atoms with van der Waals surface area (Å²) in [6, 6.07) is 9.44. The lowest BCUT2D eigenvalue weighted by molar-refractivity contribution is -0.119. The highest BCUT2D eigenvalue weighted by atomic mass is 16.5. The van der Waals surface area contributed by atoms with E-state index in [9.17, 15) is 4.79 Å². The minimum absolute atomic E-state index is 0.0525. The Balaban J connectivity index is 1.68. The van der Waals surface area contributed by atoms with Gasteiger partial charge in [0, 0.05) is 25.5 Å². The van der Waals surface area contributed by atoms with Crippen LogP contribution in [0, 0.1) is 0 Å². The van der Waals surface area contributed by atoms with Gasteiger partial charge in [0.1, 0.15) is 0 Å². The molecule has 2 aromatic rings. The normalized spacial score (nSPS) is 18.4. The monoisotopic (exact) mass is 286 g/mol. The Morgan fingerprint density at radius 2 is 2.33 bits per heavy atom. The van der Waals surface area contributed by atoms with Gasteiger partial charge in [-0.15, -0.1) is 0 Å². The van der Waals surface area contributed by atoms with E-state index < -0.39 is 0 Å². The Kier molecular flexibility index (Phi) is 4.28. The van der Waals surface area contributed by atoms with Gasteiger partial charge in [0.2, 0.25) is 5.91 Å². The number of morpholine rings is 1.